The van der Waals surface area contributed by atoms with E-state index in [4.69, 9.17) is 35.4 Å². The Hall–Kier alpha value is -2.73. The summed E-state index contributed by atoms with van der Waals surface area (Å²) in [5, 5.41) is 7.12. The van der Waals surface area contributed by atoms with Crippen LogP contribution in [-0.4, -0.2) is 16.7 Å². The molecular formula is C21H12Cl2N2O2S. The lowest BCUT2D eigenvalue weighted by Gasteiger charge is -2.21. The lowest BCUT2D eigenvalue weighted by atomic mass is 9.83. The number of ketones is 2. The molecule has 0 aromatic heterocycles. The summed E-state index contributed by atoms with van der Waals surface area (Å²) in [6, 6.07) is 16.8. The zero-order valence-electron chi connectivity index (χ0n) is 14.3. The van der Waals surface area contributed by atoms with E-state index in [9.17, 15) is 9.59 Å². The third-order valence-corrected chi connectivity index (χ3v) is 5.15. The van der Waals surface area contributed by atoms with Gasteiger partial charge in [-0.2, -0.15) is 0 Å². The van der Waals surface area contributed by atoms with Gasteiger partial charge in [-0.3, -0.25) is 9.59 Å². The minimum absolute atomic E-state index is 0.189. The van der Waals surface area contributed by atoms with Crippen molar-refractivity contribution >= 4 is 63.5 Å². The van der Waals surface area contributed by atoms with Crippen molar-refractivity contribution in [3.05, 3.63) is 93.0 Å². The van der Waals surface area contributed by atoms with Crippen LogP contribution in [0.4, 0.5) is 11.4 Å². The number of carbonyl (C=O) groups excluding carboxylic acids is 2. The first-order valence-corrected chi connectivity index (χ1v) is 9.46. The van der Waals surface area contributed by atoms with Crippen molar-refractivity contribution in [3.8, 4) is 0 Å². The first kappa shape index (κ1) is 18.6. The van der Waals surface area contributed by atoms with E-state index in [1.165, 1.54) is 0 Å². The van der Waals surface area contributed by atoms with Crippen LogP contribution in [0.3, 0.4) is 0 Å². The highest BCUT2D eigenvalue weighted by Crippen LogP contribution is 2.32. The minimum Gasteiger partial charge on any atom is -0.332 e. The van der Waals surface area contributed by atoms with Gasteiger partial charge in [0.15, 0.2) is 16.7 Å². The zero-order valence-corrected chi connectivity index (χ0v) is 16.6. The van der Waals surface area contributed by atoms with Crippen LogP contribution in [0.25, 0.3) is 0 Å². The highest BCUT2D eigenvalue weighted by Gasteiger charge is 2.31. The molecule has 1 aliphatic rings. The maximum Gasteiger partial charge on any atom is 0.196 e. The first-order chi connectivity index (χ1) is 13.5. The Morgan fingerprint density at radius 1 is 0.750 bits per heavy atom. The number of anilines is 2. The van der Waals surface area contributed by atoms with E-state index in [1.807, 2.05) is 0 Å². The number of hydrogen-bond acceptors (Lipinski definition) is 3. The predicted molar refractivity (Wildman–Crippen MR) is 116 cm³/mol. The van der Waals surface area contributed by atoms with Crippen LogP contribution < -0.4 is 10.6 Å². The quantitative estimate of drug-likeness (QED) is 0.409. The number of hydrogen-bond donors (Lipinski definition) is 2. The summed E-state index contributed by atoms with van der Waals surface area (Å²) in [6.07, 6.45) is 0. The number of thiocarbonyl (C=S) groups is 1. The van der Waals surface area contributed by atoms with E-state index in [2.05, 4.69) is 10.6 Å². The van der Waals surface area contributed by atoms with Crippen molar-refractivity contribution in [2.45, 2.75) is 0 Å². The molecule has 4 rings (SSSR count). The summed E-state index contributed by atoms with van der Waals surface area (Å²) in [5.74, 6) is -0.414. The molecule has 2 N–H and O–H groups in total. The molecule has 3 aromatic rings. The van der Waals surface area contributed by atoms with Crippen LogP contribution in [0.1, 0.15) is 31.8 Å². The molecule has 0 radical (unpaired) electrons. The monoisotopic (exact) mass is 426 g/mol. The van der Waals surface area contributed by atoms with E-state index in [-0.39, 0.29) is 16.7 Å². The zero-order chi connectivity index (χ0) is 19.8. The van der Waals surface area contributed by atoms with Crippen LogP contribution >= 0.6 is 35.4 Å². The van der Waals surface area contributed by atoms with Gasteiger partial charge in [0.2, 0.25) is 0 Å². The predicted octanol–water partition coefficient (Wildman–Crippen LogP) is 5.58. The number of carbonyl (C=O) groups is 2. The lowest BCUT2D eigenvalue weighted by Crippen LogP contribution is -2.25. The molecule has 28 heavy (non-hydrogen) atoms. The molecule has 1 aliphatic carbocycles. The molecule has 0 bridgehead atoms. The number of fused-ring (bicyclic) bond motifs is 2. The molecule has 138 valence electrons. The van der Waals surface area contributed by atoms with Crippen molar-refractivity contribution < 1.29 is 9.59 Å². The smallest absolute Gasteiger partial charge is 0.196 e. The highest BCUT2D eigenvalue weighted by atomic mass is 35.5. The van der Waals surface area contributed by atoms with Crippen LogP contribution in [0.5, 0.6) is 0 Å². The fourth-order valence-electron chi connectivity index (χ4n) is 3.12. The summed E-state index contributed by atoms with van der Waals surface area (Å²) in [4.78, 5) is 25.8. The van der Waals surface area contributed by atoms with Gasteiger partial charge < -0.3 is 10.6 Å². The van der Waals surface area contributed by atoms with Gasteiger partial charge >= 0.3 is 0 Å². The summed E-state index contributed by atoms with van der Waals surface area (Å²) >= 11 is 17.5. The van der Waals surface area contributed by atoms with Gasteiger partial charge in [0.25, 0.3) is 0 Å². The molecule has 0 atom stereocenters. The summed E-state index contributed by atoms with van der Waals surface area (Å²) in [7, 11) is 0. The van der Waals surface area contributed by atoms with Gasteiger partial charge in [-0.15, -0.1) is 0 Å². The third kappa shape index (κ3) is 3.29. The summed E-state index contributed by atoms with van der Waals surface area (Å²) < 4.78 is 0. The van der Waals surface area contributed by atoms with E-state index in [1.54, 1.807) is 60.7 Å². The van der Waals surface area contributed by atoms with Gasteiger partial charge in [-0.1, -0.05) is 59.6 Å². The fourth-order valence-corrected chi connectivity index (χ4v) is 3.68. The molecule has 0 saturated heterocycles. The van der Waals surface area contributed by atoms with E-state index in [0.29, 0.717) is 43.7 Å². The lowest BCUT2D eigenvalue weighted by molar-refractivity contribution is 0.0979. The maximum atomic E-state index is 13.0. The Bertz CT molecular complexity index is 1160. The van der Waals surface area contributed by atoms with Crippen LogP contribution in [0.15, 0.2) is 60.7 Å². The van der Waals surface area contributed by atoms with Crippen molar-refractivity contribution in [2.24, 2.45) is 0 Å². The Labute approximate surface area is 176 Å². The van der Waals surface area contributed by atoms with Crippen LogP contribution in [0.2, 0.25) is 10.0 Å². The third-order valence-electron chi connectivity index (χ3n) is 4.38. The molecular weight excluding hydrogens is 415 g/mol. The normalized spacial score (nSPS) is 12.2. The molecule has 0 saturated carbocycles. The van der Waals surface area contributed by atoms with Crippen LogP contribution in [-0.2, 0) is 0 Å². The molecule has 0 amide bonds. The largest absolute Gasteiger partial charge is 0.332 e. The number of nitrogens with one attached hydrogen (secondary N) is 2. The van der Waals surface area contributed by atoms with Gasteiger partial charge in [-0.05, 0) is 36.5 Å². The Morgan fingerprint density at radius 2 is 1.39 bits per heavy atom. The minimum atomic E-state index is -0.225. The average Bonchev–Trinajstić information content (AvgIpc) is 2.69. The van der Waals surface area contributed by atoms with Crippen molar-refractivity contribution in [1.29, 1.82) is 0 Å². The average molecular weight is 427 g/mol. The van der Waals surface area contributed by atoms with Crippen LogP contribution in [0, 0.1) is 0 Å². The standard InChI is InChI=1S/C21H12Cl2N2O2S/c22-11-8-9-15(23)17(10-11)25-21(28)24-16-7-3-6-14-18(16)20(27)13-5-2-1-4-12(13)19(14)26/h1-10H,(H2,24,25,28). The maximum absolute atomic E-state index is 13.0. The van der Waals surface area contributed by atoms with Gasteiger partial charge in [0, 0.05) is 21.7 Å². The first-order valence-electron chi connectivity index (χ1n) is 8.30. The molecule has 0 spiro atoms. The highest BCUT2D eigenvalue weighted by molar-refractivity contribution is 7.80. The topological polar surface area (TPSA) is 58.2 Å². The fraction of sp³-hybridized carbons (Fsp3) is 0. The SMILES string of the molecule is O=C1c2ccccc2C(=O)c2c(NC(=S)Nc3cc(Cl)ccc3Cl)cccc21. The Morgan fingerprint density at radius 3 is 2.14 bits per heavy atom. The summed E-state index contributed by atoms with van der Waals surface area (Å²) in [6.45, 7) is 0. The summed E-state index contributed by atoms with van der Waals surface area (Å²) in [5.41, 5.74) is 2.41. The second kappa shape index (κ2) is 7.36. The molecule has 4 nitrogen and oxygen atoms in total. The Kier molecular flexibility index (Phi) is 4.89. The van der Waals surface area contributed by atoms with E-state index < -0.39 is 0 Å². The molecule has 0 unspecified atom stereocenters. The number of halogens is 2. The number of rotatable bonds is 2. The van der Waals surface area contributed by atoms with Gasteiger partial charge in [-0.25, -0.2) is 0 Å². The van der Waals surface area contributed by atoms with Crippen molar-refractivity contribution in [1.82, 2.24) is 0 Å². The molecule has 0 fully saturated rings. The second-order valence-corrected chi connectivity index (χ2v) is 7.39. The van der Waals surface area contributed by atoms with E-state index in [0.717, 1.165) is 0 Å². The van der Waals surface area contributed by atoms with Crippen molar-refractivity contribution in [3.63, 3.8) is 0 Å². The molecule has 0 aliphatic heterocycles. The van der Waals surface area contributed by atoms with Crippen molar-refractivity contribution in [2.75, 3.05) is 10.6 Å². The molecule has 0 heterocycles. The van der Waals surface area contributed by atoms with E-state index >= 15 is 0 Å². The van der Waals surface area contributed by atoms with Gasteiger partial charge in [0.05, 0.1) is 22.0 Å². The second-order valence-electron chi connectivity index (χ2n) is 6.14. The number of benzene rings is 3. The molecule has 7 heteroatoms. The van der Waals surface area contributed by atoms with Gasteiger partial charge in [0.1, 0.15) is 0 Å². The molecule has 3 aromatic carbocycles. The Balaban J connectivity index is 1.67.